The minimum atomic E-state index is -0.228. The van der Waals surface area contributed by atoms with Gasteiger partial charge in [0.2, 0.25) is 0 Å². The number of hydrogen-bond acceptors (Lipinski definition) is 4. The van der Waals surface area contributed by atoms with Crippen LogP contribution in [0.5, 0.6) is 0 Å². The summed E-state index contributed by atoms with van der Waals surface area (Å²) >= 11 is 3.58. The van der Waals surface area contributed by atoms with E-state index in [1.807, 2.05) is 59.3 Å². The predicted molar refractivity (Wildman–Crippen MR) is 139 cm³/mol. The van der Waals surface area contributed by atoms with Gasteiger partial charge in [-0.2, -0.15) is 5.10 Å². The van der Waals surface area contributed by atoms with Crippen molar-refractivity contribution < 1.29 is 14.3 Å². The Bertz CT molecular complexity index is 1160. The molecule has 0 radical (unpaired) electrons. The number of aromatic nitrogens is 2. The number of methoxy groups -OCH3 is 1. The molecule has 0 spiro atoms. The number of esters is 1. The summed E-state index contributed by atoms with van der Waals surface area (Å²) in [5.74, 6) is -0.228. The number of benzene rings is 3. The maximum atomic E-state index is 11.3. The number of halogens is 1. The number of unbranched alkanes of at least 4 members (excludes halogenated alkanes) is 1. The van der Waals surface area contributed by atoms with Crippen LogP contribution >= 0.6 is 15.9 Å². The van der Waals surface area contributed by atoms with Crippen LogP contribution in [0.1, 0.15) is 30.1 Å². The molecule has 0 amide bonds. The van der Waals surface area contributed by atoms with E-state index in [1.54, 1.807) is 19.2 Å². The molecule has 0 fully saturated rings. The first-order valence-electron chi connectivity index (χ1n) is 11.2. The number of carbonyl (C=O) groups is 1. The lowest BCUT2D eigenvalue weighted by Gasteiger charge is -2.05. The second-order valence-corrected chi connectivity index (χ2v) is 8.39. The van der Waals surface area contributed by atoms with E-state index in [0.29, 0.717) is 18.9 Å². The van der Waals surface area contributed by atoms with E-state index in [-0.39, 0.29) is 5.97 Å². The summed E-state index contributed by atoms with van der Waals surface area (Å²) in [5.41, 5.74) is 4.80. The Morgan fingerprint density at radius 3 is 2.24 bits per heavy atom. The molecule has 3 aromatic carbocycles. The van der Waals surface area contributed by atoms with Gasteiger partial charge in [0.05, 0.1) is 23.6 Å². The van der Waals surface area contributed by atoms with Gasteiger partial charge in [0, 0.05) is 17.1 Å². The number of hydrogen-bond donors (Lipinski definition) is 0. The molecule has 6 heteroatoms. The fourth-order valence-electron chi connectivity index (χ4n) is 3.25. The van der Waals surface area contributed by atoms with Crippen LogP contribution in [0, 0.1) is 0 Å². The molecule has 0 N–H and O–H groups in total. The third-order valence-corrected chi connectivity index (χ3v) is 5.68. The summed E-state index contributed by atoms with van der Waals surface area (Å²) in [6, 6.07) is 29.4. The van der Waals surface area contributed by atoms with E-state index in [2.05, 4.69) is 52.2 Å². The smallest absolute Gasteiger partial charge is 0.338 e. The Morgan fingerprint density at radius 1 is 0.941 bits per heavy atom. The summed E-state index contributed by atoms with van der Waals surface area (Å²) in [6.45, 7) is 3.01. The van der Waals surface area contributed by atoms with Crippen LogP contribution < -0.4 is 0 Å². The predicted octanol–water partition coefficient (Wildman–Crippen LogP) is 7.23. The fraction of sp³-hybridized carbons (Fsp3) is 0.214. The maximum absolute atomic E-state index is 11.3. The van der Waals surface area contributed by atoms with Crippen molar-refractivity contribution in [3.8, 4) is 22.5 Å². The first-order valence-corrected chi connectivity index (χ1v) is 12.0. The number of nitrogens with zero attached hydrogens (tertiary/aromatic N) is 2. The van der Waals surface area contributed by atoms with E-state index in [0.717, 1.165) is 39.8 Å². The molecule has 0 aliphatic rings. The van der Waals surface area contributed by atoms with Gasteiger partial charge in [-0.1, -0.05) is 96.0 Å². The van der Waals surface area contributed by atoms with E-state index >= 15 is 0 Å². The van der Waals surface area contributed by atoms with Crippen molar-refractivity contribution in [3.05, 3.63) is 101 Å². The van der Waals surface area contributed by atoms with Crippen molar-refractivity contribution in [3.63, 3.8) is 0 Å². The number of rotatable bonds is 8. The zero-order valence-electron chi connectivity index (χ0n) is 19.5. The van der Waals surface area contributed by atoms with E-state index in [4.69, 9.17) is 9.47 Å². The summed E-state index contributed by atoms with van der Waals surface area (Å²) in [4.78, 5) is 11.3. The molecule has 0 aliphatic heterocycles. The van der Waals surface area contributed by atoms with Crippen LogP contribution in [-0.2, 0) is 16.2 Å². The second kappa shape index (κ2) is 13.5. The van der Waals surface area contributed by atoms with Gasteiger partial charge in [-0.05, 0) is 36.2 Å². The Morgan fingerprint density at radius 2 is 1.59 bits per heavy atom. The molecule has 5 nitrogen and oxygen atoms in total. The summed E-state index contributed by atoms with van der Waals surface area (Å²) < 4.78 is 13.2. The van der Waals surface area contributed by atoms with Crippen molar-refractivity contribution in [1.29, 1.82) is 0 Å². The van der Waals surface area contributed by atoms with E-state index in [1.165, 1.54) is 0 Å². The summed E-state index contributed by atoms with van der Waals surface area (Å²) in [6.07, 6.45) is 1.97. The summed E-state index contributed by atoms with van der Waals surface area (Å²) in [5, 5.41) is 4.67. The molecule has 4 rings (SSSR count). The highest BCUT2D eigenvalue weighted by atomic mass is 79.9. The lowest BCUT2D eigenvalue weighted by Crippen LogP contribution is -2.05. The molecule has 0 unspecified atom stereocenters. The van der Waals surface area contributed by atoms with Gasteiger partial charge in [-0.3, -0.25) is 0 Å². The molecule has 0 atom stereocenters. The van der Waals surface area contributed by atoms with Gasteiger partial charge in [0.1, 0.15) is 6.73 Å². The lowest BCUT2D eigenvalue weighted by atomic mass is 10.1. The SMILES string of the molecule is CCCCOC(=O)c1ccccc1.COCn1nc(-c2ccccc2Br)cc1-c1ccccc1. The Balaban J connectivity index is 0.000000215. The first kappa shape index (κ1) is 25.4. The fourth-order valence-corrected chi connectivity index (χ4v) is 3.73. The van der Waals surface area contributed by atoms with Crippen LogP contribution in [0.15, 0.2) is 95.5 Å². The minimum absolute atomic E-state index is 0.228. The minimum Gasteiger partial charge on any atom is -0.462 e. The van der Waals surface area contributed by atoms with Gasteiger partial charge in [-0.15, -0.1) is 0 Å². The third kappa shape index (κ3) is 7.14. The zero-order valence-corrected chi connectivity index (χ0v) is 21.1. The number of ether oxygens (including phenoxy) is 2. The molecule has 0 saturated heterocycles. The Kier molecular flexibility index (Phi) is 10.1. The highest BCUT2D eigenvalue weighted by Crippen LogP contribution is 2.30. The first-order chi connectivity index (χ1) is 16.6. The molecule has 0 saturated carbocycles. The highest BCUT2D eigenvalue weighted by molar-refractivity contribution is 9.10. The Labute approximate surface area is 209 Å². The molecule has 176 valence electrons. The van der Waals surface area contributed by atoms with Crippen LogP contribution in [0.4, 0.5) is 0 Å². The van der Waals surface area contributed by atoms with Crippen molar-refractivity contribution in [2.75, 3.05) is 13.7 Å². The molecule has 1 heterocycles. The summed E-state index contributed by atoms with van der Waals surface area (Å²) in [7, 11) is 1.68. The number of carbonyl (C=O) groups excluding carboxylic acids is 1. The van der Waals surface area contributed by atoms with Crippen molar-refractivity contribution in [2.45, 2.75) is 26.5 Å². The molecule has 34 heavy (non-hydrogen) atoms. The Hall–Kier alpha value is -3.22. The normalized spacial score (nSPS) is 10.3. The third-order valence-electron chi connectivity index (χ3n) is 4.99. The van der Waals surface area contributed by atoms with Gasteiger partial charge in [0.15, 0.2) is 0 Å². The van der Waals surface area contributed by atoms with Crippen LogP contribution in [0.3, 0.4) is 0 Å². The van der Waals surface area contributed by atoms with Crippen molar-refractivity contribution >= 4 is 21.9 Å². The van der Waals surface area contributed by atoms with Gasteiger partial charge < -0.3 is 9.47 Å². The van der Waals surface area contributed by atoms with Crippen molar-refractivity contribution in [2.24, 2.45) is 0 Å². The van der Waals surface area contributed by atoms with Crippen LogP contribution in [0.25, 0.3) is 22.5 Å². The quantitative estimate of drug-likeness (QED) is 0.181. The molecule has 0 bridgehead atoms. The molecular weight excluding hydrogens is 492 g/mol. The largest absolute Gasteiger partial charge is 0.462 e. The van der Waals surface area contributed by atoms with Crippen LogP contribution in [0.2, 0.25) is 0 Å². The van der Waals surface area contributed by atoms with Crippen LogP contribution in [-0.4, -0.2) is 29.5 Å². The lowest BCUT2D eigenvalue weighted by molar-refractivity contribution is 0.0499. The van der Waals surface area contributed by atoms with Gasteiger partial charge >= 0.3 is 5.97 Å². The van der Waals surface area contributed by atoms with E-state index in [9.17, 15) is 4.79 Å². The average Bonchev–Trinajstić information content (AvgIpc) is 3.30. The van der Waals surface area contributed by atoms with Gasteiger partial charge in [0.25, 0.3) is 0 Å². The average molecular weight is 521 g/mol. The molecule has 0 aliphatic carbocycles. The van der Waals surface area contributed by atoms with Crippen molar-refractivity contribution in [1.82, 2.24) is 9.78 Å². The molecule has 1 aromatic heterocycles. The van der Waals surface area contributed by atoms with E-state index < -0.39 is 0 Å². The molecule has 4 aromatic rings. The second-order valence-electron chi connectivity index (χ2n) is 7.53. The highest BCUT2D eigenvalue weighted by Gasteiger charge is 2.12. The molecular formula is C28H29BrN2O3. The zero-order chi connectivity index (χ0) is 24.2. The standard InChI is InChI=1S/C17H15BrN2O.C11H14O2/c1-21-12-20-17(13-7-3-2-4-8-13)11-16(19-20)14-9-5-6-10-15(14)18;1-2-3-9-13-11(12)10-7-5-4-6-8-10/h2-11H,12H2,1H3;4-8H,2-3,9H2,1H3. The maximum Gasteiger partial charge on any atom is 0.338 e. The topological polar surface area (TPSA) is 53.4 Å². The monoisotopic (exact) mass is 520 g/mol. The van der Waals surface area contributed by atoms with Gasteiger partial charge in [-0.25, -0.2) is 9.48 Å².